The number of hydrogen-bond donors (Lipinski definition) is 2. The first kappa shape index (κ1) is 29.1. The van der Waals surface area contributed by atoms with Gasteiger partial charge in [-0.25, -0.2) is 4.39 Å². The van der Waals surface area contributed by atoms with Crippen LogP contribution in [0.25, 0.3) is 11.6 Å². The lowest BCUT2D eigenvalue weighted by Gasteiger charge is -2.43. The molecule has 43 heavy (non-hydrogen) atoms. The molecule has 220 valence electrons. The Hall–Kier alpha value is -4.01. The Bertz CT molecular complexity index is 1570. The predicted octanol–water partition coefficient (Wildman–Crippen LogP) is 6.65. The van der Waals surface area contributed by atoms with Crippen LogP contribution < -0.4 is 4.90 Å². The smallest absolute Gasteiger partial charge is 0.455 e. The zero-order chi connectivity index (χ0) is 30.1. The molecular formula is C35H35BFNO5. The molecule has 2 heterocycles. The summed E-state index contributed by atoms with van der Waals surface area (Å²) in [6.07, 6.45) is 5.07. The Morgan fingerprint density at radius 2 is 1.74 bits per heavy atom. The van der Waals surface area contributed by atoms with Crippen LogP contribution in [0.4, 0.5) is 10.1 Å². The third-order valence-corrected chi connectivity index (χ3v) is 9.01. The SMILES string of the molecule is CCCC1=C2[C@@H](CC/C(=C/c3ccc(O)c(F)c3)c3ccccc3)OB(O)C[C@@H]2[C@@H]2C(=O)N(c3ccccc3)C(=O)[C@@H]2C1. The molecule has 2 amide bonds. The van der Waals surface area contributed by atoms with E-state index in [2.05, 4.69) is 6.92 Å². The van der Waals surface area contributed by atoms with Crippen molar-refractivity contribution in [3.63, 3.8) is 0 Å². The van der Waals surface area contributed by atoms with Gasteiger partial charge in [-0.15, -0.1) is 0 Å². The fraction of sp³-hybridized carbons (Fsp3) is 0.314. The largest absolute Gasteiger partial charge is 0.505 e. The number of phenolic OH excluding ortho intramolecular Hbond substituents is 1. The van der Waals surface area contributed by atoms with Crippen molar-refractivity contribution in [1.82, 2.24) is 0 Å². The van der Waals surface area contributed by atoms with Crippen LogP contribution in [0, 0.1) is 23.6 Å². The van der Waals surface area contributed by atoms with Crippen molar-refractivity contribution >= 4 is 36.3 Å². The summed E-state index contributed by atoms with van der Waals surface area (Å²) in [7, 11) is -1.05. The van der Waals surface area contributed by atoms with E-state index in [0.717, 1.165) is 35.1 Å². The number of benzene rings is 3. The number of anilines is 1. The highest BCUT2D eigenvalue weighted by Gasteiger charge is 2.57. The molecule has 0 bridgehead atoms. The fourth-order valence-electron chi connectivity index (χ4n) is 7.19. The highest BCUT2D eigenvalue weighted by Crippen LogP contribution is 2.52. The Morgan fingerprint density at radius 1 is 1.02 bits per heavy atom. The maximum absolute atomic E-state index is 14.2. The lowest BCUT2D eigenvalue weighted by atomic mass is 9.58. The molecule has 2 fully saturated rings. The number of nitrogens with zero attached hydrogens (tertiary/aromatic N) is 1. The van der Waals surface area contributed by atoms with Crippen LogP contribution in [-0.2, 0) is 14.2 Å². The van der Waals surface area contributed by atoms with Crippen LogP contribution >= 0.6 is 0 Å². The summed E-state index contributed by atoms with van der Waals surface area (Å²) >= 11 is 0. The Kier molecular flexibility index (Phi) is 8.33. The molecule has 0 saturated carbocycles. The van der Waals surface area contributed by atoms with Crippen molar-refractivity contribution < 1.29 is 28.8 Å². The maximum atomic E-state index is 14.2. The molecule has 6 nitrogen and oxygen atoms in total. The fourth-order valence-corrected chi connectivity index (χ4v) is 7.19. The molecule has 0 radical (unpaired) electrons. The molecule has 6 rings (SSSR count). The molecule has 8 heteroatoms. The third-order valence-electron chi connectivity index (χ3n) is 9.01. The van der Waals surface area contributed by atoms with E-state index < -0.39 is 36.6 Å². The molecule has 0 spiro atoms. The van der Waals surface area contributed by atoms with Gasteiger partial charge in [0.2, 0.25) is 11.8 Å². The number of amides is 2. The van der Waals surface area contributed by atoms with Crippen LogP contribution in [0.3, 0.4) is 0 Å². The third kappa shape index (κ3) is 5.69. The molecule has 2 N–H and O–H groups in total. The van der Waals surface area contributed by atoms with E-state index in [1.165, 1.54) is 17.0 Å². The van der Waals surface area contributed by atoms with Crippen molar-refractivity contribution in [2.24, 2.45) is 17.8 Å². The number of carbonyl (C=O) groups is 2. The lowest BCUT2D eigenvalue weighted by molar-refractivity contribution is -0.122. The molecule has 0 aromatic heterocycles. The van der Waals surface area contributed by atoms with E-state index in [1.807, 2.05) is 54.6 Å². The van der Waals surface area contributed by atoms with Gasteiger partial charge in [0.25, 0.3) is 0 Å². The summed E-state index contributed by atoms with van der Waals surface area (Å²) < 4.78 is 20.4. The second kappa shape index (κ2) is 12.3. The first-order chi connectivity index (χ1) is 20.9. The maximum Gasteiger partial charge on any atom is 0.455 e. The van der Waals surface area contributed by atoms with Gasteiger partial charge >= 0.3 is 7.12 Å². The number of phenols is 1. The number of imide groups is 1. The molecule has 3 aliphatic rings. The van der Waals surface area contributed by atoms with Crippen LogP contribution in [0.1, 0.15) is 50.2 Å². The van der Waals surface area contributed by atoms with E-state index in [9.17, 15) is 24.1 Å². The number of aromatic hydroxyl groups is 1. The number of halogens is 1. The zero-order valence-electron chi connectivity index (χ0n) is 24.2. The van der Waals surface area contributed by atoms with Crippen molar-refractivity contribution in [3.8, 4) is 5.75 Å². The number of fused-ring (bicyclic) bond motifs is 3. The Morgan fingerprint density at radius 3 is 2.44 bits per heavy atom. The van der Waals surface area contributed by atoms with Gasteiger partial charge in [-0.05, 0) is 84.5 Å². The second-order valence-corrected chi connectivity index (χ2v) is 11.7. The molecule has 4 atom stereocenters. The molecule has 2 saturated heterocycles. The predicted molar refractivity (Wildman–Crippen MR) is 165 cm³/mol. The van der Waals surface area contributed by atoms with E-state index in [-0.39, 0.29) is 24.1 Å². The van der Waals surface area contributed by atoms with Gasteiger partial charge in [0.1, 0.15) is 0 Å². The molecule has 3 aromatic carbocycles. The topological polar surface area (TPSA) is 87.1 Å². The minimum Gasteiger partial charge on any atom is -0.505 e. The zero-order valence-corrected chi connectivity index (χ0v) is 24.2. The van der Waals surface area contributed by atoms with Crippen LogP contribution in [0.15, 0.2) is 90.0 Å². The quantitative estimate of drug-likeness (QED) is 0.135. The first-order valence-electron chi connectivity index (χ1n) is 15.1. The number of rotatable bonds is 8. The summed E-state index contributed by atoms with van der Waals surface area (Å²) in [5, 5.41) is 20.6. The minimum absolute atomic E-state index is 0.165. The minimum atomic E-state index is -1.05. The first-order valence-corrected chi connectivity index (χ1v) is 15.1. The summed E-state index contributed by atoms with van der Waals surface area (Å²) in [5.74, 6) is -2.71. The standard InChI is InChI=1S/C35H35BFNO5/c1-2-9-25-20-27-33(35(41)38(34(27)40)26-12-7-4-8-13-26)28-21-36(42)43-31(32(25)28)17-15-24(23-10-5-3-6-11-23)18-22-14-16-30(39)29(37)19-22/h3-8,10-14,16,18-19,27-28,31,33,39,42H,2,9,15,17,20-21H2,1H3/b24-18-/t27-,28+,31-,33-/m1/s1. The van der Waals surface area contributed by atoms with Gasteiger partial charge in [0.05, 0.1) is 23.6 Å². The van der Waals surface area contributed by atoms with Gasteiger partial charge < -0.3 is 14.8 Å². The number of carbonyl (C=O) groups excluding carboxylic acids is 2. The van der Waals surface area contributed by atoms with Gasteiger partial charge in [0, 0.05) is 0 Å². The molecule has 1 aliphatic carbocycles. The molecule has 3 aromatic rings. The van der Waals surface area contributed by atoms with Crippen molar-refractivity contribution in [3.05, 3.63) is 107 Å². The highest BCUT2D eigenvalue weighted by atomic mass is 19.1. The van der Waals surface area contributed by atoms with Crippen molar-refractivity contribution in [1.29, 1.82) is 0 Å². The lowest BCUT2D eigenvalue weighted by Crippen LogP contribution is -2.46. The number of para-hydroxylation sites is 1. The van der Waals surface area contributed by atoms with E-state index in [0.29, 0.717) is 30.5 Å². The average molecular weight is 579 g/mol. The normalized spacial score (nSPS) is 23.9. The Labute approximate surface area is 251 Å². The highest BCUT2D eigenvalue weighted by molar-refractivity contribution is 6.43. The molecule has 0 unspecified atom stereocenters. The van der Waals surface area contributed by atoms with Gasteiger partial charge in [-0.2, -0.15) is 0 Å². The number of hydrogen-bond acceptors (Lipinski definition) is 5. The summed E-state index contributed by atoms with van der Waals surface area (Å²) in [6, 6.07) is 23.2. The van der Waals surface area contributed by atoms with Crippen molar-refractivity contribution in [2.45, 2.75) is 51.5 Å². The molecule has 2 aliphatic heterocycles. The van der Waals surface area contributed by atoms with E-state index in [1.54, 1.807) is 18.2 Å². The van der Waals surface area contributed by atoms with Gasteiger partial charge in [0.15, 0.2) is 11.6 Å². The molecular weight excluding hydrogens is 544 g/mol. The average Bonchev–Trinajstić information content (AvgIpc) is 3.26. The summed E-state index contributed by atoms with van der Waals surface area (Å²) in [6.45, 7) is 2.10. The van der Waals surface area contributed by atoms with Crippen LogP contribution in [0.5, 0.6) is 5.75 Å². The van der Waals surface area contributed by atoms with Gasteiger partial charge in [-0.1, -0.05) is 79.6 Å². The Balaban J connectivity index is 1.33. The van der Waals surface area contributed by atoms with E-state index in [4.69, 9.17) is 4.65 Å². The van der Waals surface area contributed by atoms with Gasteiger partial charge in [-0.3, -0.25) is 14.5 Å². The van der Waals surface area contributed by atoms with Crippen LogP contribution in [0.2, 0.25) is 6.32 Å². The van der Waals surface area contributed by atoms with E-state index >= 15 is 0 Å². The monoisotopic (exact) mass is 579 g/mol. The summed E-state index contributed by atoms with van der Waals surface area (Å²) in [5.41, 5.74) is 5.36. The second-order valence-electron chi connectivity index (χ2n) is 11.7. The summed E-state index contributed by atoms with van der Waals surface area (Å²) in [4.78, 5) is 28.9. The van der Waals surface area contributed by atoms with Crippen LogP contribution in [-0.4, -0.2) is 35.2 Å². The number of allylic oxidation sites excluding steroid dienone is 2. The van der Waals surface area contributed by atoms with Crippen molar-refractivity contribution in [2.75, 3.05) is 4.90 Å².